The first-order chi connectivity index (χ1) is 12.1. The smallest absolute Gasteiger partial charge is 0.347 e. The van der Waals surface area contributed by atoms with Gasteiger partial charge in [0, 0.05) is 20.8 Å². The molecule has 0 radical (unpaired) electrons. The maximum Gasteiger partial charge on any atom is 0.347 e. The molecule has 1 saturated heterocycles. The topological polar surface area (TPSA) is 165 Å². The van der Waals surface area contributed by atoms with Gasteiger partial charge >= 0.3 is 23.9 Å². The number of amides is 2. The zero-order valence-corrected chi connectivity index (χ0v) is 14.7. The number of rotatable bonds is 5. The summed E-state index contributed by atoms with van der Waals surface area (Å²) in [5.41, 5.74) is 5.28. The molecular formula is C14H21N3O9. The summed E-state index contributed by atoms with van der Waals surface area (Å²) in [6.07, 6.45) is -4.53. The van der Waals surface area contributed by atoms with Gasteiger partial charge in [-0.1, -0.05) is 0 Å². The number of amidine groups is 1. The van der Waals surface area contributed by atoms with Crippen LogP contribution in [0.3, 0.4) is 0 Å². The minimum absolute atomic E-state index is 0.291. The molecule has 1 aliphatic heterocycles. The molecule has 1 fully saturated rings. The highest BCUT2D eigenvalue weighted by Gasteiger charge is 2.50. The van der Waals surface area contributed by atoms with Crippen molar-refractivity contribution in [2.75, 3.05) is 13.7 Å². The predicted molar refractivity (Wildman–Crippen MR) is 83.6 cm³/mol. The van der Waals surface area contributed by atoms with E-state index in [1.807, 2.05) is 0 Å². The molecule has 0 spiro atoms. The van der Waals surface area contributed by atoms with Gasteiger partial charge in [-0.05, 0) is 0 Å². The lowest BCUT2D eigenvalue weighted by atomic mass is 10.1. The molecule has 4 atom stereocenters. The molecule has 0 aliphatic carbocycles. The van der Waals surface area contributed by atoms with Gasteiger partial charge in [0.2, 0.25) is 0 Å². The number of hydrogen-bond acceptors (Lipinski definition) is 9. The Bertz CT molecular complexity index is 592. The molecule has 1 heterocycles. The second-order valence-electron chi connectivity index (χ2n) is 5.15. The second-order valence-corrected chi connectivity index (χ2v) is 5.15. The van der Waals surface area contributed by atoms with Crippen LogP contribution in [-0.4, -0.2) is 68.2 Å². The van der Waals surface area contributed by atoms with Crippen molar-refractivity contribution in [1.29, 1.82) is 0 Å². The standard InChI is InChI=1S/C14H21N3O9/c1-6(18)23-5-9-10(24-7(2)19)11(25-8(3)20)12(26-9)16-14(21)17-13(15)22-4/h9-12H,5H2,1-4H3,(H3,15,16,17,21). The number of hydrogen-bond donors (Lipinski definition) is 2. The van der Waals surface area contributed by atoms with Crippen molar-refractivity contribution in [1.82, 2.24) is 5.32 Å². The summed E-state index contributed by atoms with van der Waals surface area (Å²) in [5.74, 6) is -1.98. The molecule has 1 rings (SSSR count). The number of urea groups is 1. The largest absolute Gasteiger partial charge is 0.468 e. The number of ether oxygens (including phenoxy) is 5. The van der Waals surface area contributed by atoms with E-state index in [1.165, 1.54) is 14.0 Å². The van der Waals surface area contributed by atoms with Gasteiger partial charge in [-0.2, -0.15) is 0 Å². The minimum Gasteiger partial charge on any atom is -0.468 e. The average Bonchev–Trinajstić information content (AvgIpc) is 2.81. The van der Waals surface area contributed by atoms with Gasteiger partial charge in [-0.15, -0.1) is 4.99 Å². The van der Waals surface area contributed by atoms with Crippen molar-refractivity contribution < 1.29 is 42.9 Å². The maximum atomic E-state index is 11.8. The Morgan fingerprint density at radius 1 is 1.04 bits per heavy atom. The second kappa shape index (κ2) is 9.56. The predicted octanol–water partition coefficient (Wildman–Crippen LogP) is -1.19. The number of esters is 3. The van der Waals surface area contributed by atoms with Crippen LogP contribution in [0, 0.1) is 0 Å². The Labute approximate surface area is 148 Å². The van der Waals surface area contributed by atoms with Crippen molar-refractivity contribution in [2.24, 2.45) is 10.7 Å². The van der Waals surface area contributed by atoms with E-state index in [0.717, 1.165) is 13.8 Å². The summed E-state index contributed by atoms with van der Waals surface area (Å²) < 4.78 is 25.1. The fourth-order valence-electron chi connectivity index (χ4n) is 2.13. The molecule has 4 unspecified atom stereocenters. The zero-order valence-electron chi connectivity index (χ0n) is 14.7. The highest BCUT2D eigenvalue weighted by Crippen LogP contribution is 2.26. The number of aliphatic imine (C=N–C) groups is 1. The van der Waals surface area contributed by atoms with E-state index in [0.29, 0.717) is 0 Å². The Kier molecular flexibility index (Phi) is 7.77. The summed E-state index contributed by atoms with van der Waals surface area (Å²) in [7, 11) is 1.21. The molecule has 0 aromatic rings. The number of nitrogens with two attached hydrogens (primary N) is 1. The number of nitrogens with zero attached hydrogens (tertiary/aromatic N) is 1. The van der Waals surface area contributed by atoms with E-state index < -0.39 is 54.5 Å². The Hall–Kier alpha value is -2.89. The van der Waals surface area contributed by atoms with Crippen LogP contribution >= 0.6 is 0 Å². The monoisotopic (exact) mass is 375 g/mol. The summed E-state index contributed by atoms with van der Waals surface area (Å²) in [5, 5.41) is 2.30. The lowest BCUT2D eigenvalue weighted by Crippen LogP contribution is -2.46. The fraction of sp³-hybridized carbons (Fsp3) is 0.643. The Morgan fingerprint density at radius 3 is 2.12 bits per heavy atom. The van der Waals surface area contributed by atoms with Gasteiger partial charge in [-0.3, -0.25) is 14.4 Å². The first-order valence-electron chi connectivity index (χ1n) is 7.46. The van der Waals surface area contributed by atoms with Gasteiger partial charge in [0.15, 0.2) is 18.4 Å². The highest BCUT2D eigenvalue weighted by molar-refractivity contribution is 5.88. The normalized spacial score (nSPS) is 25.2. The summed E-state index contributed by atoms with van der Waals surface area (Å²) >= 11 is 0. The van der Waals surface area contributed by atoms with E-state index in [4.69, 9.17) is 24.7 Å². The molecule has 12 nitrogen and oxygen atoms in total. The van der Waals surface area contributed by atoms with E-state index in [9.17, 15) is 19.2 Å². The quantitative estimate of drug-likeness (QED) is 0.258. The molecule has 0 aromatic carbocycles. The van der Waals surface area contributed by atoms with Gasteiger partial charge in [0.05, 0.1) is 7.11 Å². The first kappa shape index (κ1) is 21.2. The summed E-state index contributed by atoms with van der Waals surface area (Å²) in [6.45, 7) is 3.16. The van der Waals surface area contributed by atoms with Crippen LogP contribution in [0.2, 0.25) is 0 Å². The number of carbonyl (C=O) groups excluding carboxylic acids is 4. The molecule has 26 heavy (non-hydrogen) atoms. The van der Waals surface area contributed by atoms with Crippen LogP contribution in [0.5, 0.6) is 0 Å². The summed E-state index contributed by atoms with van der Waals surface area (Å²) in [4.78, 5) is 48.9. The van der Waals surface area contributed by atoms with Crippen molar-refractivity contribution in [3.8, 4) is 0 Å². The third-order valence-electron chi connectivity index (χ3n) is 3.05. The fourth-order valence-corrected chi connectivity index (χ4v) is 2.13. The number of nitrogens with one attached hydrogen (secondary N) is 1. The maximum absolute atomic E-state index is 11.8. The molecule has 3 N–H and O–H groups in total. The van der Waals surface area contributed by atoms with Crippen molar-refractivity contribution in [3.63, 3.8) is 0 Å². The average molecular weight is 375 g/mol. The lowest BCUT2D eigenvalue weighted by Gasteiger charge is -2.23. The van der Waals surface area contributed by atoms with Crippen molar-refractivity contribution >= 4 is 30.0 Å². The highest BCUT2D eigenvalue weighted by atomic mass is 16.7. The van der Waals surface area contributed by atoms with E-state index in [-0.39, 0.29) is 6.61 Å². The molecular weight excluding hydrogens is 354 g/mol. The zero-order chi connectivity index (χ0) is 19.9. The van der Waals surface area contributed by atoms with E-state index in [2.05, 4.69) is 15.0 Å². The Morgan fingerprint density at radius 2 is 1.62 bits per heavy atom. The van der Waals surface area contributed by atoms with Crippen LogP contribution in [0.1, 0.15) is 20.8 Å². The van der Waals surface area contributed by atoms with Crippen LogP contribution < -0.4 is 11.1 Å². The molecule has 0 saturated carbocycles. The molecule has 1 aliphatic rings. The first-order valence-corrected chi connectivity index (χ1v) is 7.46. The van der Waals surface area contributed by atoms with Crippen LogP contribution in [0.25, 0.3) is 0 Å². The van der Waals surface area contributed by atoms with E-state index in [1.54, 1.807) is 0 Å². The van der Waals surface area contributed by atoms with Crippen molar-refractivity contribution in [2.45, 2.75) is 45.3 Å². The number of methoxy groups -OCH3 is 1. The SMILES string of the molecule is CO/C(N)=N/C(=O)NC1OC(COC(C)=O)C(OC(C)=O)C1OC(C)=O. The van der Waals surface area contributed by atoms with E-state index >= 15 is 0 Å². The minimum atomic E-state index is -1.23. The van der Waals surface area contributed by atoms with Gasteiger partial charge < -0.3 is 34.7 Å². The third-order valence-corrected chi connectivity index (χ3v) is 3.05. The van der Waals surface area contributed by atoms with Gasteiger partial charge in [0.25, 0.3) is 6.02 Å². The molecule has 146 valence electrons. The van der Waals surface area contributed by atoms with Crippen LogP contribution in [-0.2, 0) is 38.1 Å². The van der Waals surface area contributed by atoms with Gasteiger partial charge in [0.1, 0.15) is 12.7 Å². The third kappa shape index (κ3) is 6.55. The van der Waals surface area contributed by atoms with Crippen LogP contribution in [0.4, 0.5) is 4.79 Å². The molecule has 0 bridgehead atoms. The van der Waals surface area contributed by atoms with Gasteiger partial charge in [-0.25, -0.2) is 4.79 Å². The lowest BCUT2D eigenvalue weighted by molar-refractivity contribution is -0.165. The van der Waals surface area contributed by atoms with Crippen molar-refractivity contribution in [3.05, 3.63) is 0 Å². The molecule has 2 amide bonds. The number of carbonyl (C=O) groups is 4. The van der Waals surface area contributed by atoms with Crippen LogP contribution in [0.15, 0.2) is 4.99 Å². The summed E-state index contributed by atoms with van der Waals surface area (Å²) in [6, 6.07) is -1.35. The molecule has 0 aromatic heterocycles. The Balaban J connectivity index is 3.00. The molecule has 12 heteroatoms.